The van der Waals surface area contributed by atoms with Crippen molar-refractivity contribution in [1.29, 1.82) is 0 Å². The molecule has 0 saturated carbocycles. The maximum atomic E-state index is 12.1. The predicted octanol–water partition coefficient (Wildman–Crippen LogP) is 2.15. The van der Waals surface area contributed by atoms with Gasteiger partial charge in [0.1, 0.15) is 12.0 Å². The minimum atomic E-state index is -0.586. The van der Waals surface area contributed by atoms with Crippen molar-refractivity contribution in [3.05, 3.63) is 71.8 Å². The molecule has 0 spiro atoms. The molecule has 0 fully saturated rings. The van der Waals surface area contributed by atoms with Crippen LogP contribution in [-0.4, -0.2) is 24.1 Å². The van der Waals surface area contributed by atoms with Crippen molar-refractivity contribution in [3.63, 3.8) is 0 Å². The van der Waals surface area contributed by atoms with Gasteiger partial charge in [-0.1, -0.05) is 0 Å². The van der Waals surface area contributed by atoms with Crippen molar-refractivity contribution >= 4 is 29.8 Å². The van der Waals surface area contributed by atoms with Crippen LogP contribution < -0.4 is 9.64 Å². The van der Waals surface area contributed by atoms with Gasteiger partial charge in [-0.3, -0.25) is 14.4 Å². The van der Waals surface area contributed by atoms with Crippen LogP contribution in [0.3, 0.4) is 0 Å². The molecule has 0 aliphatic carbocycles. The number of aldehydes is 1. The topological polar surface area (TPSA) is 80.8 Å². The highest BCUT2D eigenvalue weighted by Crippen LogP contribution is 2.20. The number of rotatable bonds is 4. The molecular formula is C18H11NO5. The lowest BCUT2D eigenvalue weighted by Gasteiger charge is -2.13. The monoisotopic (exact) mass is 321 g/mol. The number of nitrogens with zero attached hydrogens (tertiary/aromatic N) is 1. The van der Waals surface area contributed by atoms with Crippen LogP contribution >= 0.6 is 0 Å². The molecule has 0 radical (unpaired) electrons. The number of carbonyl (C=O) groups is 4. The van der Waals surface area contributed by atoms with E-state index in [4.69, 9.17) is 4.74 Å². The average Bonchev–Trinajstić information content (AvgIpc) is 2.94. The van der Waals surface area contributed by atoms with Crippen LogP contribution in [0, 0.1) is 0 Å². The Labute approximate surface area is 137 Å². The van der Waals surface area contributed by atoms with E-state index in [1.807, 2.05) is 0 Å². The molecule has 6 heteroatoms. The fourth-order valence-electron chi connectivity index (χ4n) is 2.18. The number of anilines is 1. The smallest absolute Gasteiger partial charge is 0.343 e. The zero-order chi connectivity index (χ0) is 17.1. The van der Waals surface area contributed by atoms with E-state index in [1.54, 1.807) is 0 Å². The van der Waals surface area contributed by atoms with Crippen molar-refractivity contribution in [3.8, 4) is 5.75 Å². The van der Waals surface area contributed by atoms with Crippen LogP contribution in [0.1, 0.15) is 20.7 Å². The van der Waals surface area contributed by atoms with E-state index in [-0.39, 0.29) is 5.56 Å². The van der Waals surface area contributed by atoms with Gasteiger partial charge in [0.2, 0.25) is 0 Å². The zero-order valence-corrected chi connectivity index (χ0v) is 12.3. The molecule has 0 bridgehead atoms. The van der Waals surface area contributed by atoms with Gasteiger partial charge in [-0.15, -0.1) is 0 Å². The molecule has 0 N–H and O–H groups in total. The lowest BCUT2D eigenvalue weighted by Crippen LogP contribution is -2.29. The summed E-state index contributed by atoms with van der Waals surface area (Å²) in [7, 11) is 0. The first-order valence-corrected chi connectivity index (χ1v) is 7.02. The number of carbonyl (C=O) groups excluding carboxylic acids is 4. The van der Waals surface area contributed by atoms with Crippen LogP contribution in [0.5, 0.6) is 5.75 Å². The number of hydrogen-bond acceptors (Lipinski definition) is 5. The normalized spacial score (nSPS) is 13.2. The Hall–Kier alpha value is -3.54. The summed E-state index contributed by atoms with van der Waals surface area (Å²) in [5.74, 6) is -1.13. The highest BCUT2D eigenvalue weighted by molar-refractivity contribution is 6.28. The number of esters is 1. The van der Waals surface area contributed by atoms with E-state index in [0.717, 1.165) is 4.90 Å². The molecule has 1 heterocycles. The Morgan fingerprint density at radius 2 is 1.46 bits per heavy atom. The number of amides is 2. The molecule has 1 aliphatic heterocycles. The Balaban J connectivity index is 1.72. The summed E-state index contributed by atoms with van der Waals surface area (Å²) in [5, 5.41) is 0. The number of imide groups is 1. The summed E-state index contributed by atoms with van der Waals surface area (Å²) in [4.78, 5) is 46.9. The third-order valence-electron chi connectivity index (χ3n) is 3.40. The van der Waals surface area contributed by atoms with E-state index < -0.39 is 17.8 Å². The molecule has 3 rings (SSSR count). The van der Waals surface area contributed by atoms with Crippen LogP contribution in [0.15, 0.2) is 60.7 Å². The van der Waals surface area contributed by atoms with Gasteiger partial charge in [-0.25, -0.2) is 9.69 Å². The predicted molar refractivity (Wildman–Crippen MR) is 84.9 cm³/mol. The fourth-order valence-corrected chi connectivity index (χ4v) is 2.18. The van der Waals surface area contributed by atoms with E-state index in [1.165, 1.54) is 60.7 Å². The maximum absolute atomic E-state index is 12.1. The molecular weight excluding hydrogens is 310 g/mol. The number of hydrogen-bond donors (Lipinski definition) is 0. The Morgan fingerprint density at radius 1 is 0.875 bits per heavy atom. The number of ether oxygens (including phenoxy) is 1. The van der Waals surface area contributed by atoms with E-state index >= 15 is 0 Å². The van der Waals surface area contributed by atoms with Crippen LogP contribution in [0.4, 0.5) is 5.69 Å². The van der Waals surface area contributed by atoms with Crippen molar-refractivity contribution in [2.24, 2.45) is 0 Å². The van der Waals surface area contributed by atoms with Gasteiger partial charge in [-0.2, -0.15) is 0 Å². The molecule has 24 heavy (non-hydrogen) atoms. The van der Waals surface area contributed by atoms with Crippen molar-refractivity contribution in [2.45, 2.75) is 0 Å². The third kappa shape index (κ3) is 2.98. The second-order valence-corrected chi connectivity index (χ2v) is 4.97. The Kier molecular flexibility index (Phi) is 4.03. The molecule has 2 aromatic carbocycles. The second kappa shape index (κ2) is 6.29. The minimum Gasteiger partial charge on any atom is -0.423 e. The Bertz CT molecular complexity index is 832. The molecule has 6 nitrogen and oxygen atoms in total. The third-order valence-corrected chi connectivity index (χ3v) is 3.40. The van der Waals surface area contributed by atoms with Crippen LogP contribution in [0.2, 0.25) is 0 Å². The molecule has 2 aromatic rings. The standard InChI is InChI=1S/C18H11NO5/c20-11-12-1-7-15(8-2-12)24-18(23)13-3-5-14(6-4-13)19-16(21)9-10-17(19)22/h1-11H. The van der Waals surface area contributed by atoms with Crippen LogP contribution in [0.25, 0.3) is 0 Å². The maximum Gasteiger partial charge on any atom is 0.343 e. The second-order valence-electron chi connectivity index (χ2n) is 4.97. The first kappa shape index (κ1) is 15.4. The lowest BCUT2D eigenvalue weighted by atomic mass is 10.2. The zero-order valence-electron chi connectivity index (χ0n) is 12.3. The van der Waals surface area contributed by atoms with Crippen molar-refractivity contribution in [2.75, 3.05) is 4.90 Å². The minimum absolute atomic E-state index is 0.269. The van der Waals surface area contributed by atoms with Gasteiger partial charge >= 0.3 is 5.97 Å². The molecule has 0 saturated heterocycles. The van der Waals surface area contributed by atoms with Gasteiger partial charge in [0.05, 0.1) is 11.3 Å². The van der Waals surface area contributed by atoms with Gasteiger partial charge in [0.15, 0.2) is 0 Å². The summed E-state index contributed by atoms with van der Waals surface area (Å²) < 4.78 is 5.19. The lowest BCUT2D eigenvalue weighted by molar-refractivity contribution is -0.119. The summed E-state index contributed by atoms with van der Waals surface area (Å²) in [6, 6.07) is 12.0. The molecule has 0 unspecified atom stereocenters. The molecule has 118 valence electrons. The highest BCUT2D eigenvalue weighted by Gasteiger charge is 2.25. The summed E-state index contributed by atoms with van der Waals surface area (Å²) >= 11 is 0. The quantitative estimate of drug-likeness (QED) is 0.373. The molecule has 1 aliphatic rings. The van der Waals surface area contributed by atoms with Gasteiger partial charge in [0.25, 0.3) is 11.8 Å². The van der Waals surface area contributed by atoms with Gasteiger partial charge in [-0.05, 0) is 48.5 Å². The van der Waals surface area contributed by atoms with Crippen molar-refractivity contribution in [1.82, 2.24) is 0 Å². The molecule has 2 amide bonds. The molecule has 0 aromatic heterocycles. The van der Waals surface area contributed by atoms with E-state index in [0.29, 0.717) is 23.3 Å². The van der Waals surface area contributed by atoms with E-state index in [9.17, 15) is 19.2 Å². The van der Waals surface area contributed by atoms with Gasteiger partial charge in [0, 0.05) is 17.7 Å². The average molecular weight is 321 g/mol. The molecule has 0 atom stereocenters. The summed E-state index contributed by atoms with van der Waals surface area (Å²) in [6.07, 6.45) is 3.07. The van der Waals surface area contributed by atoms with E-state index in [2.05, 4.69) is 0 Å². The fraction of sp³-hybridized carbons (Fsp3) is 0. The first-order chi connectivity index (χ1) is 11.6. The largest absolute Gasteiger partial charge is 0.423 e. The number of benzene rings is 2. The summed E-state index contributed by atoms with van der Waals surface area (Å²) in [6.45, 7) is 0. The highest BCUT2D eigenvalue weighted by atomic mass is 16.5. The SMILES string of the molecule is O=Cc1ccc(OC(=O)c2ccc(N3C(=O)C=CC3=O)cc2)cc1. The summed E-state index contributed by atoms with van der Waals surface area (Å²) in [5.41, 5.74) is 1.12. The Morgan fingerprint density at radius 3 is 2.00 bits per heavy atom. The first-order valence-electron chi connectivity index (χ1n) is 7.02. The van der Waals surface area contributed by atoms with Gasteiger partial charge < -0.3 is 4.74 Å². The van der Waals surface area contributed by atoms with Crippen LogP contribution in [-0.2, 0) is 9.59 Å². The van der Waals surface area contributed by atoms with Crippen molar-refractivity contribution < 1.29 is 23.9 Å².